The molecule has 3 atom stereocenters. The summed E-state index contributed by atoms with van der Waals surface area (Å²) in [5.41, 5.74) is 2.60. The first-order valence-corrected chi connectivity index (χ1v) is 27.6. The van der Waals surface area contributed by atoms with Crippen LogP contribution in [0.3, 0.4) is 0 Å². The Hall–Kier alpha value is -2.19. The van der Waals surface area contributed by atoms with Gasteiger partial charge in [-0.3, -0.25) is 14.5 Å². The van der Waals surface area contributed by atoms with Crippen molar-refractivity contribution >= 4 is 55.9 Å². The molecule has 2 aliphatic heterocycles. The van der Waals surface area contributed by atoms with Gasteiger partial charge in [-0.05, 0) is 88.8 Å². The van der Waals surface area contributed by atoms with Gasteiger partial charge in [0.1, 0.15) is 0 Å². The molecule has 3 unspecified atom stereocenters. The Morgan fingerprint density at radius 1 is 0.610 bits per heavy atom. The van der Waals surface area contributed by atoms with Crippen molar-refractivity contribution in [2.75, 3.05) is 12.3 Å². The summed E-state index contributed by atoms with van der Waals surface area (Å²) >= 11 is 5.62. The van der Waals surface area contributed by atoms with E-state index in [-0.39, 0.29) is 22.6 Å². The van der Waals surface area contributed by atoms with E-state index in [1.807, 2.05) is 22.7 Å². The largest absolute Gasteiger partial charge is 0.274 e. The predicted molar refractivity (Wildman–Crippen MR) is 261 cm³/mol. The Labute approximate surface area is 372 Å². The zero-order chi connectivity index (χ0) is 42.7. The number of hydrogen-bond donors (Lipinski definition) is 0. The second-order valence-electron chi connectivity index (χ2n) is 19.7. The van der Waals surface area contributed by atoms with E-state index in [9.17, 15) is 9.59 Å². The van der Waals surface area contributed by atoms with Gasteiger partial charge in [0.2, 0.25) is 0 Å². The number of rotatable bonds is 21. The van der Waals surface area contributed by atoms with Crippen molar-refractivity contribution in [1.29, 1.82) is 0 Å². The highest BCUT2D eigenvalue weighted by Gasteiger charge is 2.48. The number of imide groups is 1. The number of benzene rings is 1. The van der Waals surface area contributed by atoms with Crippen LogP contribution in [0.15, 0.2) is 51.1 Å². The number of amides is 2. The Morgan fingerprint density at radius 2 is 1.19 bits per heavy atom. The topological polar surface area (TPSA) is 37.4 Å². The highest BCUT2D eigenvalue weighted by Crippen LogP contribution is 2.80. The lowest BCUT2D eigenvalue weighted by atomic mass is 9.90. The summed E-state index contributed by atoms with van der Waals surface area (Å²) in [7, 11) is -1.61. The summed E-state index contributed by atoms with van der Waals surface area (Å²) in [5.74, 6) is 1.96. The first kappa shape index (κ1) is 46.3. The average molecular weight is 874 g/mol. The summed E-state index contributed by atoms with van der Waals surface area (Å²) in [6, 6.07) is 15.1. The van der Waals surface area contributed by atoms with Gasteiger partial charge in [-0.1, -0.05) is 159 Å². The number of hydrogen-bond acceptors (Lipinski definition) is 5. The molecule has 0 N–H and O–H groups in total. The molecule has 59 heavy (non-hydrogen) atoms. The lowest BCUT2D eigenvalue weighted by Crippen LogP contribution is -2.35. The van der Waals surface area contributed by atoms with Crippen LogP contribution in [0.1, 0.15) is 202 Å². The Morgan fingerprint density at radius 3 is 1.80 bits per heavy atom. The zero-order valence-electron chi connectivity index (χ0n) is 38.5. The third kappa shape index (κ3) is 9.44. The van der Waals surface area contributed by atoms with Crippen molar-refractivity contribution in [1.82, 2.24) is 4.90 Å². The number of carbonyl (C=O) groups excluding carboxylic acids is 2. The molecule has 1 aromatic carbocycles. The van der Waals surface area contributed by atoms with E-state index in [0.717, 1.165) is 47.6 Å². The van der Waals surface area contributed by atoms with Crippen LogP contribution in [0.25, 0.3) is 19.5 Å². The molecule has 0 fully saturated rings. The van der Waals surface area contributed by atoms with E-state index in [1.165, 1.54) is 99.1 Å². The van der Waals surface area contributed by atoms with E-state index < -0.39 is 10.0 Å². The third-order valence-corrected chi connectivity index (χ3v) is 22.1. The fourth-order valence-electron chi connectivity index (χ4n) is 9.21. The van der Waals surface area contributed by atoms with E-state index in [0.29, 0.717) is 29.5 Å². The Kier molecular flexibility index (Phi) is 15.3. The summed E-state index contributed by atoms with van der Waals surface area (Å²) < 4.78 is 0. The number of carbonyl (C=O) groups is 2. The van der Waals surface area contributed by atoms with Crippen molar-refractivity contribution in [3.05, 3.63) is 62.8 Å². The molecule has 3 nitrogen and oxygen atoms in total. The van der Waals surface area contributed by atoms with Crippen LogP contribution in [0.2, 0.25) is 0 Å². The summed E-state index contributed by atoms with van der Waals surface area (Å²) in [4.78, 5) is 42.9. The average Bonchev–Trinajstić information content (AvgIpc) is 4.01. The number of aryl methyl sites for hydroxylation is 1. The summed E-state index contributed by atoms with van der Waals surface area (Å²) in [5, 5.41) is 0. The second-order valence-corrected chi connectivity index (χ2v) is 26.0. The van der Waals surface area contributed by atoms with Crippen molar-refractivity contribution in [3.8, 4) is 19.5 Å². The van der Waals surface area contributed by atoms with Crippen LogP contribution < -0.4 is 0 Å². The smallest absolute Gasteiger partial charge is 0.263 e. The van der Waals surface area contributed by atoms with Crippen LogP contribution in [0.5, 0.6) is 0 Å². The molecule has 0 spiro atoms. The summed E-state index contributed by atoms with van der Waals surface area (Å²) in [6.45, 7) is 25.7. The highest BCUT2D eigenvalue weighted by molar-refractivity contribution is 8.34. The van der Waals surface area contributed by atoms with Gasteiger partial charge in [0.05, 0.1) is 25.8 Å². The van der Waals surface area contributed by atoms with Gasteiger partial charge >= 0.3 is 0 Å². The van der Waals surface area contributed by atoms with Crippen LogP contribution >= 0.6 is 44.0 Å². The molecular formula is C52H75NO2S4. The molecule has 0 bridgehead atoms. The molecular weight excluding hydrogens is 799 g/mol. The van der Waals surface area contributed by atoms with E-state index in [1.54, 1.807) is 21.1 Å². The number of nitrogens with zero attached hydrogens (tertiary/aromatic N) is 1. The highest BCUT2D eigenvalue weighted by atomic mass is 32.3. The van der Waals surface area contributed by atoms with Gasteiger partial charge in [-0.15, -0.1) is 34.0 Å². The SMILES string of the molecule is CCCCCCCCc1ccc(S2(CC(CC)CCCC)c3cc(-c4sc(C(C)(C)C)c5c4C(=O)N(CC(CC)CCCC)C5=O)sc3-c3sc(C(C)(C)C)cc32)cc1. The Bertz CT molecular complexity index is 2050. The molecule has 5 heterocycles. The molecule has 0 radical (unpaired) electrons. The van der Waals surface area contributed by atoms with Crippen LogP contribution in [0, 0.1) is 11.8 Å². The second kappa shape index (κ2) is 19.5. The van der Waals surface area contributed by atoms with Crippen LogP contribution in [0.4, 0.5) is 0 Å². The van der Waals surface area contributed by atoms with Gasteiger partial charge in [0, 0.05) is 31.0 Å². The fourth-order valence-corrected chi connectivity index (χ4v) is 18.8. The first-order chi connectivity index (χ1) is 28.1. The van der Waals surface area contributed by atoms with Crippen molar-refractivity contribution in [2.24, 2.45) is 11.8 Å². The first-order valence-electron chi connectivity index (χ1n) is 23.4. The lowest BCUT2D eigenvalue weighted by molar-refractivity contribution is 0.0623. The lowest BCUT2D eigenvalue weighted by Gasteiger charge is -2.41. The number of fused-ring (bicyclic) bond motifs is 4. The molecule has 2 amide bonds. The van der Waals surface area contributed by atoms with E-state index in [2.05, 4.69) is 113 Å². The van der Waals surface area contributed by atoms with Gasteiger partial charge in [0.15, 0.2) is 0 Å². The molecule has 6 rings (SSSR count). The number of thiophene rings is 3. The van der Waals surface area contributed by atoms with Crippen LogP contribution in [-0.4, -0.2) is 29.0 Å². The van der Waals surface area contributed by atoms with Gasteiger partial charge in [0.25, 0.3) is 11.8 Å². The third-order valence-electron chi connectivity index (χ3n) is 13.0. The molecule has 324 valence electrons. The minimum absolute atomic E-state index is 0.0493. The minimum atomic E-state index is -1.61. The molecule has 0 aliphatic carbocycles. The fraction of sp³-hybridized carbons (Fsp3) is 0.615. The quantitative estimate of drug-likeness (QED) is 0.0618. The van der Waals surface area contributed by atoms with Crippen molar-refractivity contribution in [3.63, 3.8) is 0 Å². The minimum Gasteiger partial charge on any atom is -0.274 e. The molecule has 7 heteroatoms. The normalized spacial score (nSPS) is 18.6. The standard InChI is InChI=1S/C52H75NO2S4/c1-12-17-20-21-22-23-26-37-27-29-38(30-28-37)59(34-36(16-5)25-19-14-3)40-31-39(56-46(40)47-41(59)32-42(57-47)51(6,7)8)45-43-44(48(58-45)52(9,10)11)50(55)53(49(43)54)33-35(15-4)24-18-13-2/h27-32,35-36H,12-26,33-34H2,1-11H3. The predicted octanol–water partition coefficient (Wildman–Crippen LogP) is 17.3. The van der Waals surface area contributed by atoms with Crippen molar-refractivity contribution < 1.29 is 9.59 Å². The monoisotopic (exact) mass is 873 g/mol. The van der Waals surface area contributed by atoms with Gasteiger partial charge < -0.3 is 0 Å². The molecule has 2 aliphatic rings. The van der Waals surface area contributed by atoms with Gasteiger partial charge in [-0.25, -0.2) is 0 Å². The van der Waals surface area contributed by atoms with Crippen molar-refractivity contribution in [2.45, 2.75) is 198 Å². The Balaban J connectivity index is 1.51. The molecule has 4 aromatic rings. The summed E-state index contributed by atoms with van der Waals surface area (Å²) in [6.07, 6.45) is 18.3. The molecule has 0 saturated heterocycles. The molecule has 3 aromatic heterocycles. The zero-order valence-corrected chi connectivity index (χ0v) is 41.8. The maximum absolute atomic E-state index is 14.7. The number of unbranched alkanes of at least 4 members (excludes halogenated alkanes) is 7. The van der Waals surface area contributed by atoms with Gasteiger partial charge in [-0.2, -0.15) is 10.0 Å². The molecule has 0 saturated carbocycles. The maximum atomic E-state index is 14.7. The maximum Gasteiger partial charge on any atom is 0.263 e. The van der Waals surface area contributed by atoms with Crippen LogP contribution in [-0.2, 0) is 17.3 Å². The van der Waals surface area contributed by atoms with E-state index in [4.69, 9.17) is 0 Å². The van der Waals surface area contributed by atoms with E-state index >= 15 is 0 Å².